The number of hydrogen-bond donors (Lipinski definition) is 1. The zero-order valence-corrected chi connectivity index (χ0v) is 12.3. The van der Waals surface area contributed by atoms with Crippen LogP contribution in [0.2, 0.25) is 5.02 Å². The van der Waals surface area contributed by atoms with Gasteiger partial charge in [0.2, 0.25) is 0 Å². The summed E-state index contributed by atoms with van der Waals surface area (Å²) in [6, 6.07) is 6.77. The van der Waals surface area contributed by atoms with Crippen LogP contribution in [-0.2, 0) is 11.3 Å². The molecule has 1 fully saturated rings. The summed E-state index contributed by atoms with van der Waals surface area (Å²) < 4.78 is 5.46. The van der Waals surface area contributed by atoms with Crippen LogP contribution in [0.25, 0.3) is 0 Å². The van der Waals surface area contributed by atoms with Crippen molar-refractivity contribution in [3.05, 3.63) is 34.3 Å². The minimum absolute atomic E-state index is 0.212. The van der Waals surface area contributed by atoms with Crippen molar-refractivity contribution in [2.45, 2.75) is 45.9 Å². The van der Waals surface area contributed by atoms with Crippen molar-refractivity contribution in [3.8, 4) is 0 Å². The van der Waals surface area contributed by atoms with Crippen LogP contribution in [0, 0.1) is 12.3 Å². The molecule has 2 nitrogen and oxygen atoms in total. The lowest BCUT2D eigenvalue weighted by atomic mass is 9.64. The lowest BCUT2D eigenvalue weighted by Gasteiger charge is -2.51. The molecule has 1 N–H and O–H groups in total. The highest BCUT2D eigenvalue weighted by Gasteiger charge is 2.48. The van der Waals surface area contributed by atoms with E-state index in [0.29, 0.717) is 12.1 Å². The van der Waals surface area contributed by atoms with Crippen molar-refractivity contribution in [1.29, 1.82) is 0 Å². The third kappa shape index (κ3) is 2.56. The van der Waals surface area contributed by atoms with Gasteiger partial charge in [0.25, 0.3) is 0 Å². The number of hydrogen-bond acceptors (Lipinski definition) is 2. The first kappa shape index (κ1) is 13.9. The van der Waals surface area contributed by atoms with Crippen molar-refractivity contribution >= 4 is 11.6 Å². The highest BCUT2D eigenvalue weighted by Crippen LogP contribution is 2.42. The molecule has 2 rings (SSSR count). The number of methoxy groups -OCH3 is 1. The minimum Gasteiger partial charge on any atom is -0.381 e. The first-order valence-electron chi connectivity index (χ1n) is 6.46. The maximum Gasteiger partial charge on any atom is 0.0652 e. The molecule has 100 valence electrons. The molecule has 0 bridgehead atoms. The Kier molecular flexibility index (Phi) is 4.00. The second kappa shape index (κ2) is 5.20. The van der Waals surface area contributed by atoms with E-state index >= 15 is 0 Å². The van der Waals surface area contributed by atoms with Crippen LogP contribution in [0.4, 0.5) is 0 Å². The van der Waals surface area contributed by atoms with Gasteiger partial charge in [0, 0.05) is 30.1 Å². The van der Waals surface area contributed by atoms with Crippen LogP contribution in [0.5, 0.6) is 0 Å². The van der Waals surface area contributed by atoms with E-state index in [4.69, 9.17) is 16.3 Å². The monoisotopic (exact) mass is 267 g/mol. The van der Waals surface area contributed by atoms with Gasteiger partial charge in [0.05, 0.1) is 6.10 Å². The highest BCUT2D eigenvalue weighted by molar-refractivity contribution is 6.31. The lowest BCUT2D eigenvalue weighted by Crippen LogP contribution is -2.60. The zero-order valence-electron chi connectivity index (χ0n) is 11.6. The number of halogens is 1. The summed E-state index contributed by atoms with van der Waals surface area (Å²) in [5.74, 6) is 0. The average molecular weight is 268 g/mol. The van der Waals surface area contributed by atoms with Gasteiger partial charge in [-0.15, -0.1) is 0 Å². The number of rotatable bonds is 4. The van der Waals surface area contributed by atoms with E-state index in [-0.39, 0.29) is 5.41 Å². The molecule has 1 aliphatic carbocycles. The molecule has 0 spiro atoms. The van der Waals surface area contributed by atoms with Gasteiger partial charge < -0.3 is 10.1 Å². The van der Waals surface area contributed by atoms with Crippen LogP contribution in [0.3, 0.4) is 0 Å². The van der Waals surface area contributed by atoms with Crippen molar-refractivity contribution in [2.75, 3.05) is 7.11 Å². The molecule has 0 aliphatic heterocycles. The largest absolute Gasteiger partial charge is 0.381 e. The Morgan fingerprint density at radius 3 is 2.72 bits per heavy atom. The van der Waals surface area contributed by atoms with Gasteiger partial charge in [0.15, 0.2) is 0 Å². The summed E-state index contributed by atoms with van der Waals surface area (Å²) >= 11 is 6.13. The maximum atomic E-state index is 6.13. The predicted molar refractivity (Wildman–Crippen MR) is 76.0 cm³/mol. The fourth-order valence-corrected chi connectivity index (χ4v) is 2.82. The molecule has 1 aromatic rings. The first-order chi connectivity index (χ1) is 8.45. The summed E-state index contributed by atoms with van der Waals surface area (Å²) in [6.45, 7) is 7.40. The SMILES string of the molecule is COC1CC(NCc2ccc(C)c(Cl)c2)C1(C)C. The van der Waals surface area contributed by atoms with E-state index in [2.05, 4.69) is 31.3 Å². The summed E-state index contributed by atoms with van der Waals surface area (Å²) in [5.41, 5.74) is 2.58. The maximum absolute atomic E-state index is 6.13. The Hall–Kier alpha value is -0.570. The van der Waals surface area contributed by atoms with E-state index in [9.17, 15) is 0 Å². The number of nitrogens with one attached hydrogen (secondary N) is 1. The van der Waals surface area contributed by atoms with Crippen molar-refractivity contribution in [2.24, 2.45) is 5.41 Å². The molecule has 0 amide bonds. The molecule has 0 saturated heterocycles. The molecular formula is C15H22ClNO. The van der Waals surface area contributed by atoms with E-state index < -0.39 is 0 Å². The fourth-order valence-electron chi connectivity index (χ4n) is 2.62. The fraction of sp³-hybridized carbons (Fsp3) is 0.600. The zero-order chi connectivity index (χ0) is 13.3. The Labute approximate surface area is 115 Å². The van der Waals surface area contributed by atoms with Crippen LogP contribution < -0.4 is 5.32 Å². The van der Waals surface area contributed by atoms with Gasteiger partial charge >= 0.3 is 0 Å². The quantitative estimate of drug-likeness (QED) is 0.901. The number of benzene rings is 1. The molecule has 1 aliphatic rings. The molecule has 2 atom stereocenters. The Morgan fingerprint density at radius 1 is 1.44 bits per heavy atom. The molecule has 0 heterocycles. The summed E-state index contributed by atoms with van der Waals surface area (Å²) in [7, 11) is 1.79. The summed E-state index contributed by atoms with van der Waals surface area (Å²) in [4.78, 5) is 0. The van der Waals surface area contributed by atoms with E-state index in [1.807, 2.05) is 13.0 Å². The number of ether oxygens (including phenoxy) is 1. The Morgan fingerprint density at radius 2 is 2.17 bits per heavy atom. The van der Waals surface area contributed by atoms with Crippen LogP contribution in [0.15, 0.2) is 18.2 Å². The topological polar surface area (TPSA) is 21.3 Å². The molecule has 0 aromatic heterocycles. The molecular weight excluding hydrogens is 246 g/mol. The molecule has 1 saturated carbocycles. The Balaban J connectivity index is 1.91. The normalized spacial score (nSPS) is 25.8. The van der Waals surface area contributed by atoms with Crippen LogP contribution in [0.1, 0.15) is 31.4 Å². The second-order valence-electron chi connectivity index (χ2n) is 5.80. The van der Waals surface area contributed by atoms with Crippen LogP contribution in [-0.4, -0.2) is 19.3 Å². The lowest BCUT2D eigenvalue weighted by molar-refractivity contribution is -0.0979. The van der Waals surface area contributed by atoms with Gasteiger partial charge in [-0.2, -0.15) is 0 Å². The molecule has 1 aromatic carbocycles. The van der Waals surface area contributed by atoms with Gasteiger partial charge in [-0.1, -0.05) is 37.6 Å². The molecule has 18 heavy (non-hydrogen) atoms. The summed E-state index contributed by atoms with van der Waals surface area (Å²) in [6.07, 6.45) is 1.46. The minimum atomic E-state index is 0.212. The third-order valence-corrected chi connectivity index (χ3v) is 4.66. The van der Waals surface area contributed by atoms with E-state index in [1.54, 1.807) is 7.11 Å². The molecule has 2 unspecified atom stereocenters. The van der Waals surface area contributed by atoms with Crippen LogP contribution >= 0.6 is 11.6 Å². The summed E-state index contributed by atoms with van der Waals surface area (Å²) in [5, 5.41) is 4.44. The average Bonchev–Trinajstić information content (AvgIpc) is 2.32. The number of aryl methyl sites for hydroxylation is 1. The van der Waals surface area contributed by atoms with Gasteiger partial charge in [-0.05, 0) is 30.5 Å². The van der Waals surface area contributed by atoms with E-state index in [0.717, 1.165) is 23.6 Å². The Bertz CT molecular complexity index is 431. The van der Waals surface area contributed by atoms with Gasteiger partial charge in [0.1, 0.15) is 0 Å². The van der Waals surface area contributed by atoms with Crippen molar-refractivity contribution < 1.29 is 4.74 Å². The van der Waals surface area contributed by atoms with E-state index in [1.165, 1.54) is 5.56 Å². The third-order valence-electron chi connectivity index (χ3n) is 4.25. The van der Waals surface area contributed by atoms with Gasteiger partial charge in [-0.3, -0.25) is 0 Å². The standard InChI is InChI=1S/C15H22ClNO/c1-10-5-6-11(7-12(10)16)9-17-13-8-14(18-4)15(13,2)3/h5-7,13-14,17H,8-9H2,1-4H3. The van der Waals surface area contributed by atoms with Gasteiger partial charge in [-0.25, -0.2) is 0 Å². The molecule has 3 heteroatoms. The molecule has 0 radical (unpaired) electrons. The smallest absolute Gasteiger partial charge is 0.0652 e. The highest BCUT2D eigenvalue weighted by atomic mass is 35.5. The second-order valence-corrected chi connectivity index (χ2v) is 6.21. The predicted octanol–water partition coefficient (Wildman–Crippen LogP) is 3.55. The van der Waals surface area contributed by atoms with Crippen molar-refractivity contribution in [1.82, 2.24) is 5.32 Å². The van der Waals surface area contributed by atoms with Crippen molar-refractivity contribution in [3.63, 3.8) is 0 Å². The first-order valence-corrected chi connectivity index (χ1v) is 6.84.